The smallest absolute Gasteiger partial charge is 0.321 e. The van der Waals surface area contributed by atoms with Crippen molar-refractivity contribution in [3.05, 3.63) is 90.1 Å². The van der Waals surface area contributed by atoms with Crippen LogP contribution in [0, 0.1) is 5.82 Å². The first-order chi connectivity index (χ1) is 16.2. The van der Waals surface area contributed by atoms with Crippen molar-refractivity contribution in [3.63, 3.8) is 0 Å². The van der Waals surface area contributed by atoms with Gasteiger partial charge in [0, 0.05) is 37.0 Å². The van der Waals surface area contributed by atoms with E-state index in [0.29, 0.717) is 31.1 Å². The highest BCUT2D eigenvalue weighted by Crippen LogP contribution is 2.27. The molecular formula is C25H24FN5O2. The first kappa shape index (κ1) is 20.9. The maximum Gasteiger partial charge on any atom is 0.321 e. The molecule has 33 heavy (non-hydrogen) atoms. The van der Waals surface area contributed by atoms with E-state index in [9.17, 15) is 9.18 Å². The molecule has 1 aliphatic rings. The number of likely N-dealkylation sites (tertiary alicyclic amines) is 1. The summed E-state index contributed by atoms with van der Waals surface area (Å²) in [6.07, 6.45) is 3.66. The lowest BCUT2D eigenvalue weighted by Gasteiger charge is -2.31. The molecule has 5 rings (SSSR count). The minimum absolute atomic E-state index is 0.129. The van der Waals surface area contributed by atoms with E-state index in [1.807, 2.05) is 51.9 Å². The van der Waals surface area contributed by atoms with Crippen LogP contribution in [0.5, 0.6) is 5.75 Å². The summed E-state index contributed by atoms with van der Waals surface area (Å²) in [6, 6.07) is 19.2. The van der Waals surface area contributed by atoms with Gasteiger partial charge in [-0.1, -0.05) is 24.3 Å². The number of rotatable bonds is 5. The van der Waals surface area contributed by atoms with Crippen molar-refractivity contribution in [1.82, 2.24) is 19.5 Å². The minimum atomic E-state index is -0.276. The highest BCUT2D eigenvalue weighted by molar-refractivity contribution is 5.89. The quantitative estimate of drug-likeness (QED) is 0.476. The molecule has 0 aliphatic carbocycles. The lowest BCUT2D eigenvalue weighted by atomic mass is 9.96. The first-order valence-corrected chi connectivity index (χ1v) is 11.0. The van der Waals surface area contributed by atoms with E-state index in [0.717, 1.165) is 29.9 Å². The number of halogens is 1. The summed E-state index contributed by atoms with van der Waals surface area (Å²) < 4.78 is 20.9. The Morgan fingerprint density at radius 1 is 1.03 bits per heavy atom. The summed E-state index contributed by atoms with van der Waals surface area (Å²) in [6.45, 7) is 1.63. The third-order valence-corrected chi connectivity index (χ3v) is 5.89. The van der Waals surface area contributed by atoms with Crippen LogP contribution >= 0.6 is 0 Å². The van der Waals surface area contributed by atoms with Crippen molar-refractivity contribution in [3.8, 4) is 5.75 Å². The van der Waals surface area contributed by atoms with Crippen molar-refractivity contribution in [2.75, 3.05) is 18.4 Å². The highest BCUT2D eigenvalue weighted by atomic mass is 19.1. The molecule has 0 unspecified atom stereocenters. The normalized spacial score (nSPS) is 14.4. The maximum absolute atomic E-state index is 13.0. The number of anilines is 1. The van der Waals surface area contributed by atoms with Gasteiger partial charge in [0.25, 0.3) is 0 Å². The number of nitrogens with zero attached hydrogens (tertiary/aromatic N) is 4. The Bertz CT molecular complexity index is 1250. The van der Waals surface area contributed by atoms with Gasteiger partial charge in [0.1, 0.15) is 24.0 Å². The van der Waals surface area contributed by atoms with E-state index in [1.165, 1.54) is 12.1 Å². The molecular weight excluding hydrogens is 421 g/mol. The van der Waals surface area contributed by atoms with Crippen LogP contribution < -0.4 is 10.1 Å². The Hall–Kier alpha value is -3.94. The molecule has 4 aromatic rings. The largest absolute Gasteiger partial charge is 0.489 e. The lowest BCUT2D eigenvalue weighted by Crippen LogP contribution is -2.40. The predicted molar refractivity (Wildman–Crippen MR) is 123 cm³/mol. The summed E-state index contributed by atoms with van der Waals surface area (Å²) in [5.41, 5.74) is 2.38. The summed E-state index contributed by atoms with van der Waals surface area (Å²) in [5.74, 6) is 1.59. The zero-order valence-electron chi connectivity index (χ0n) is 18.0. The van der Waals surface area contributed by atoms with Crippen LogP contribution in [0.1, 0.15) is 30.1 Å². The molecule has 8 heteroatoms. The van der Waals surface area contributed by atoms with Gasteiger partial charge in [0.2, 0.25) is 0 Å². The van der Waals surface area contributed by atoms with Gasteiger partial charge in [0.15, 0.2) is 5.65 Å². The number of aromatic nitrogens is 3. The predicted octanol–water partition coefficient (Wildman–Crippen LogP) is 4.86. The monoisotopic (exact) mass is 445 g/mol. The van der Waals surface area contributed by atoms with E-state index < -0.39 is 0 Å². The summed E-state index contributed by atoms with van der Waals surface area (Å²) in [5, 5.41) is 11.6. The molecule has 2 aromatic carbocycles. The van der Waals surface area contributed by atoms with Crippen molar-refractivity contribution >= 4 is 17.4 Å². The Labute approximate surface area is 190 Å². The molecule has 0 atom stereocenters. The van der Waals surface area contributed by atoms with Crippen LogP contribution in [-0.2, 0) is 6.61 Å². The van der Waals surface area contributed by atoms with Crippen LogP contribution in [0.3, 0.4) is 0 Å². The van der Waals surface area contributed by atoms with E-state index in [-0.39, 0.29) is 17.8 Å². The number of hydrogen-bond acceptors (Lipinski definition) is 4. The molecule has 7 nitrogen and oxygen atoms in total. The molecule has 0 radical (unpaired) electrons. The number of ether oxygens (including phenoxy) is 1. The number of nitrogens with one attached hydrogen (secondary N) is 1. The standard InChI is InChI=1S/C25H24FN5O2/c26-20-9-7-18(8-10-20)17-33-22-5-3-4-21(16-22)27-25(32)30-14-11-19(12-15-30)24-29-28-23-6-1-2-13-31(23)24/h1-10,13,16,19H,11-12,14-15,17H2,(H,27,32). The van der Waals surface area contributed by atoms with Gasteiger partial charge in [-0.05, 0) is 54.8 Å². The van der Waals surface area contributed by atoms with Gasteiger partial charge in [-0.2, -0.15) is 0 Å². The Kier molecular flexibility index (Phi) is 5.89. The lowest BCUT2D eigenvalue weighted by molar-refractivity contribution is 0.193. The fourth-order valence-corrected chi connectivity index (χ4v) is 4.09. The van der Waals surface area contributed by atoms with Gasteiger partial charge in [-0.3, -0.25) is 4.40 Å². The third-order valence-electron chi connectivity index (χ3n) is 5.89. The Balaban J connectivity index is 1.16. The molecule has 2 amide bonds. The summed E-state index contributed by atoms with van der Waals surface area (Å²) >= 11 is 0. The molecule has 0 spiro atoms. The number of carbonyl (C=O) groups excluding carboxylic acids is 1. The van der Waals surface area contributed by atoms with Crippen molar-refractivity contribution in [2.24, 2.45) is 0 Å². The number of urea groups is 1. The maximum atomic E-state index is 13.0. The van der Waals surface area contributed by atoms with Crippen molar-refractivity contribution in [1.29, 1.82) is 0 Å². The summed E-state index contributed by atoms with van der Waals surface area (Å²) in [4.78, 5) is 14.6. The zero-order chi connectivity index (χ0) is 22.6. The zero-order valence-corrected chi connectivity index (χ0v) is 18.0. The number of amides is 2. The molecule has 0 saturated carbocycles. The van der Waals surface area contributed by atoms with Crippen LogP contribution in [-0.4, -0.2) is 38.6 Å². The van der Waals surface area contributed by atoms with Gasteiger partial charge in [0.05, 0.1) is 0 Å². The van der Waals surface area contributed by atoms with E-state index >= 15 is 0 Å². The average molecular weight is 445 g/mol. The number of benzene rings is 2. The van der Waals surface area contributed by atoms with Crippen LogP contribution in [0.15, 0.2) is 72.9 Å². The Morgan fingerprint density at radius 3 is 2.67 bits per heavy atom. The molecule has 3 heterocycles. The molecule has 168 valence electrons. The number of carbonyl (C=O) groups is 1. The van der Waals surface area contributed by atoms with Crippen LogP contribution in [0.4, 0.5) is 14.9 Å². The first-order valence-electron chi connectivity index (χ1n) is 11.0. The third kappa shape index (κ3) is 4.79. The number of fused-ring (bicyclic) bond motifs is 1. The molecule has 1 fully saturated rings. The molecule has 1 saturated heterocycles. The van der Waals surface area contributed by atoms with Crippen LogP contribution in [0.2, 0.25) is 0 Å². The van der Waals surface area contributed by atoms with Gasteiger partial charge in [-0.15, -0.1) is 10.2 Å². The van der Waals surface area contributed by atoms with E-state index in [4.69, 9.17) is 4.74 Å². The fourth-order valence-electron chi connectivity index (χ4n) is 4.09. The molecule has 1 N–H and O–H groups in total. The number of piperidine rings is 1. The SMILES string of the molecule is O=C(Nc1cccc(OCc2ccc(F)cc2)c1)N1CCC(c2nnc3ccccn23)CC1. The molecule has 0 bridgehead atoms. The van der Waals surface area contributed by atoms with Crippen LogP contribution in [0.25, 0.3) is 5.65 Å². The molecule has 2 aromatic heterocycles. The second-order valence-electron chi connectivity index (χ2n) is 8.12. The topological polar surface area (TPSA) is 71.8 Å². The Morgan fingerprint density at radius 2 is 1.85 bits per heavy atom. The van der Waals surface area contributed by atoms with Gasteiger partial charge >= 0.3 is 6.03 Å². The average Bonchev–Trinajstić information content (AvgIpc) is 3.28. The van der Waals surface area contributed by atoms with Crippen molar-refractivity contribution < 1.29 is 13.9 Å². The number of hydrogen-bond donors (Lipinski definition) is 1. The highest BCUT2D eigenvalue weighted by Gasteiger charge is 2.27. The second-order valence-corrected chi connectivity index (χ2v) is 8.12. The van der Waals surface area contributed by atoms with Gasteiger partial charge in [-0.25, -0.2) is 9.18 Å². The van der Waals surface area contributed by atoms with E-state index in [2.05, 4.69) is 15.5 Å². The molecule has 1 aliphatic heterocycles. The summed E-state index contributed by atoms with van der Waals surface area (Å²) in [7, 11) is 0. The minimum Gasteiger partial charge on any atom is -0.489 e. The fraction of sp³-hybridized carbons (Fsp3) is 0.240. The van der Waals surface area contributed by atoms with Crippen molar-refractivity contribution in [2.45, 2.75) is 25.4 Å². The van der Waals surface area contributed by atoms with E-state index in [1.54, 1.807) is 18.2 Å². The number of pyridine rings is 1. The van der Waals surface area contributed by atoms with Gasteiger partial charge < -0.3 is 15.0 Å². The second kappa shape index (κ2) is 9.28.